The molecule has 2 N–H and O–H groups in total. The Kier molecular flexibility index (Phi) is 6.53. The van der Waals surface area contributed by atoms with E-state index in [0.717, 1.165) is 47.7 Å². The van der Waals surface area contributed by atoms with Gasteiger partial charge in [0.05, 0.1) is 23.2 Å². The number of ether oxygens (including phenoxy) is 1. The third-order valence-electron chi connectivity index (χ3n) is 5.62. The van der Waals surface area contributed by atoms with Crippen LogP contribution in [0, 0.1) is 6.92 Å². The highest BCUT2D eigenvalue weighted by molar-refractivity contribution is 5.90. The summed E-state index contributed by atoms with van der Waals surface area (Å²) in [6.45, 7) is 9.96. The molecule has 1 aliphatic rings. The molecule has 0 bridgehead atoms. The van der Waals surface area contributed by atoms with Crippen molar-refractivity contribution in [2.75, 3.05) is 25.0 Å². The van der Waals surface area contributed by atoms with Gasteiger partial charge in [-0.05, 0) is 44.5 Å². The summed E-state index contributed by atoms with van der Waals surface area (Å²) < 4.78 is 7.96. The molecule has 2 atom stereocenters. The van der Waals surface area contributed by atoms with Crippen LogP contribution in [0.1, 0.15) is 25.2 Å². The molecule has 164 valence electrons. The van der Waals surface area contributed by atoms with Crippen molar-refractivity contribution in [2.45, 2.75) is 46.1 Å². The van der Waals surface area contributed by atoms with Gasteiger partial charge in [-0.25, -0.2) is 9.78 Å². The molecule has 0 aliphatic carbocycles. The third-order valence-corrected chi connectivity index (χ3v) is 5.62. The number of anilines is 1. The third kappa shape index (κ3) is 5.24. The quantitative estimate of drug-likeness (QED) is 0.636. The van der Waals surface area contributed by atoms with E-state index in [0.29, 0.717) is 13.1 Å². The van der Waals surface area contributed by atoms with Crippen molar-refractivity contribution in [3.05, 3.63) is 59.9 Å². The molecule has 0 saturated carbocycles. The summed E-state index contributed by atoms with van der Waals surface area (Å²) in [5, 5.41) is 6.00. The standard InChI is InChI=1S/C24H31N5O2/c1-17-14-28(15-18(2)31-17)16-20-8-4-5-9-21(20)27-24(30)25-12-13-29-19(3)26-22-10-6-7-11-23(22)29/h4-11,17-18H,12-16H2,1-3H3,(H2,25,27,30). The normalized spacial score (nSPS) is 19.5. The number of aryl methyl sites for hydroxylation is 1. The maximum Gasteiger partial charge on any atom is 0.319 e. The number of rotatable bonds is 6. The fraction of sp³-hybridized carbons (Fsp3) is 0.417. The minimum absolute atomic E-state index is 0.196. The lowest BCUT2D eigenvalue weighted by Crippen LogP contribution is -2.45. The first kappa shape index (κ1) is 21.3. The van der Waals surface area contributed by atoms with Crippen molar-refractivity contribution >= 4 is 22.8 Å². The molecule has 1 fully saturated rings. The minimum Gasteiger partial charge on any atom is -0.373 e. The van der Waals surface area contributed by atoms with E-state index >= 15 is 0 Å². The van der Waals surface area contributed by atoms with E-state index < -0.39 is 0 Å². The molecule has 1 aromatic heterocycles. The number of carbonyl (C=O) groups is 1. The Hall–Kier alpha value is -2.90. The van der Waals surface area contributed by atoms with Crippen LogP contribution in [0.25, 0.3) is 11.0 Å². The van der Waals surface area contributed by atoms with Crippen LogP contribution in [0.5, 0.6) is 0 Å². The molecule has 2 unspecified atom stereocenters. The highest BCUT2D eigenvalue weighted by Gasteiger charge is 2.22. The topological polar surface area (TPSA) is 71.4 Å². The lowest BCUT2D eigenvalue weighted by molar-refractivity contribution is -0.0704. The molecule has 31 heavy (non-hydrogen) atoms. The van der Waals surface area contributed by atoms with Gasteiger partial charge in [0.15, 0.2) is 0 Å². The number of hydrogen-bond acceptors (Lipinski definition) is 4. The molecule has 1 saturated heterocycles. The number of amides is 2. The maximum absolute atomic E-state index is 12.6. The van der Waals surface area contributed by atoms with Crippen LogP contribution >= 0.6 is 0 Å². The highest BCUT2D eigenvalue weighted by atomic mass is 16.5. The van der Waals surface area contributed by atoms with Gasteiger partial charge >= 0.3 is 6.03 Å². The maximum atomic E-state index is 12.6. The van der Waals surface area contributed by atoms with Crippen molar-refractivity contribution in [1.82, 2.24) is 19.8 Å². The second-order valence-corrected chi connectivity index (χ2v) is 8.29. The molecular weight excluding hydrogens is 390 g/mol. The minimum atomic E-state index is -0.196. The number of benzene rings is 2. The second kappa shape index (κ2) is 9.49. The van der Waals surface area contributed by atoms with E-state index in [1.54, 1.807) is 0 Å². The largest absolute Gasteiger partial charge is 0.373 e. The van der Waals surface area contributed by atoms with E-state index in [2.05, 4.69) is 51.1 Å². The number of imidazole rings is 1. The van der Waals surface area contributed by atoms with Crippen LogP contribution in [-0.4, -0.2) is 52.3 Å². The molecule has 3 aromatic rings. The van der Waals surface area contributed by atoms with Crippen molar-refractivity contribution < 1.29 is 9.53 Å². The van der Waals surface area contributed by atoms with Gasteiger partial charge in [0.25, 0.3) is 0 Å². The first-order chi connectivity index (χ1) is 15.0. The van der Waals surface area contributed by atoms with E-state index in [4.69, 9.17) is 4.74 Å². The lowest BCUT2D eigenvalue weighted by atomic mass is 10.1. The SMILES string of the molecule is Cc1nc2ccccc2n1CCNC(=O)Nc1ccccc1CN1CC(C)OC(C)C1. The Morgan fingerprint density at radius 2 is 1.81 bits per heavy atom. The van der Waals surface area contributed by atoms with Gasteiger partial charge in [0.2, 0.25) is 0 Å². The fourth-order valence-corrected chi connectivity index (χ4v) is 4.36. The average molecular weight is 422 g/mol. The molecule has 2 heterocycles. The van der Waals surface area contributed by atoms with Crippen molar-refractivity contribution in [3.63, 3.8) is 0 Å². The Bertz CT molecular complexity index is 1040. The number of nitrogens with one attached hydrogen (secondary N) is 2. The molecule has 4 rings (SSSR count). The number of aromatic nitrogens is 2. The van der Waals surface area contributed by atoms with Gasteiger partial charge in [-0.15, -0.1) is 0 Å². The Morgan fingerprint density at radius 1 is 1.10 bits per heavy atom. The summed E-state index contributed by atoms with van der Waals surface area (Å²) in [5.41, 5.74) is 4.01. The monoisotopic (exact) mass is 421 g/mol. The summed E-state index contributed by atoms with van der Waals surface area (Å²) >= 11 is 0. The molecule has 0 radical (unpaired) electrons. The number of para-hydroxylation sites is 3. The lowest BCUT2D eigenvalue weighted by Gasteiger charge is -2.35. The molecule has 7 nitrogen and oxygen atoms in total. The van der Waals surface area contributed by atoms with E-state index in [1.165, 1.54) is 0 Å². The van der Waals surface area contributed by atoms with Gasteiger partial charge in [-0.1, -0.05) is 30.3 Å². The summed E-state index contributed by atoms with van der Waals surface area (Å²) in [5.74, 6) is 0.947. The first-order valence-electron chi connectivity index (χ1n) is 10.9. The van der Waals surface area contributed by atoms with Gasteiger partial charge in [0.1, 0.15) is 5.82 Å². The predicted octanol–water partition coefficient (Wildman–Crippen LogP) is 3.78. The zero-order chi connectivity index (χ0) is 21.8. The Morgan fingerprint density at radius 3 is 2.61 bits per heavy atom. The van der Waals surface area contributed by atoms with E-state index in [9.17, 15) is 4.79 Å². The number of nitrogens with zero attached hydrogens (tertiary/aromatic N) is 3. The first-order valence-corrected chi connectivity index (χ1v) is 10.9. The highest BCUT2D eigenvalue weighted by Crippen LogP contribution is 2.20. The molecule has 0 spiro atoms. The van der Waals surface area contributed by atoms with E-state index in [-0.39, 0.29) is 18.2 Å². The van der Waals surface area contributed by atoms with Crippen LogP contribution in [0.15, 0.2) is 48.5 Å². The van der Waals surface area contributed by atoms with Crippen molar-refractivity contribution in [3.8, 4) is 0 Å². The fourth-order valence-electron chi connectivity index (χ4n) is 4.36. The molecule has 1 aliphatic heterocycles. The predicted molar refractivity (Wildman–Crippen MR) is 123 cm³/mol. The zero-order valence-corrected chi connectivity index (χ0v) is 18.5. The summed E-state index contributed by atoms with van der Waals surface area (Å²) in [4.78, 5) is 19.5. The number of hydrogen-bond donors (Lipinski definition) is 2. The van der Waals surface area contributed by atoms with E-state index in [1.807, 2.05) is 43.3 Å². The Balaban J connectivity index is 1.34. The molecule has 2 aromatic carbocycles. The summed E-state index contributed by atoms with van der Waals surface area (Å²) in [7, 11) is 0. The van der Waals surface area contributed by atoms with Crippen LogP contribution < -0.4 is 10.6 Å². The summed E-state index contributed by atoms with van der Waals surface area (Å²) in [6.07, 6.45) is 0.435. The summed E-state index contributed by atoms with van der Waals surface area (Å²) in [6, 6.07) is 15.8. The van der Waals surface area contributed by atoms with Gasteiger partial charge in [-0.2, -0.15) is 0 Å². The van der Waals surface area contributed by atoms with Crippen molar-refractivity contribution in [2.24, 2.45) is 0 Å². The van der Waals surface area contributed by atoms with Crippen LogP contribution in [-0.2, 0) is 17.8 Å². The number of fused-ring (bicyclic) bond motifs is 1. The van der Waals surface area contributed by atoms with Crippen LogP contribution in [0.3, 0.4) is 0 Å². The number of morpholine rings is 1. The van der Waals surface area contributed by atoms with Gasteiger partial charge in [-0.3, -0.25) is 4.90 Å². The van der Waals surface area contributed by atoms with Crippen LogP contribution in [0.4, 0.5) is 10.5 Å². The van der Waals surface area contributed by atoms with Crippen molar-refractivity contribution in [1.29, 1.82) is 0 Å². The van der Waals surface area contributed by atoms with Gasteiger partial charge in [0, 0.05) is 38.4 Å². The molecule has 7 heteroatoms. The zero-order valence-electron chi connectivity index (χ0n) is 18.5. The Labute approximate surface area is 183 Å². The number of carbonyl (C=O) groups excluding carboxylic acids is 1. The number of urea groups is 1. The molecular formula is C24H31N5O2. The molecule has 2 amide bonds. The average Bonchev–Trinajstić information content (AvgIpc) is 3.04. The van der Waals surface area contributed by atoms with Crippen LogP contribution in [0.2, 0.25) is 0 Å². The smallest absolute Gasteiger partial charge is 0.319 e. The van der Waals surface area contributed by atoms with Gasteiger partial charge < -0.3 is 19.9 Å². The second-order valence-electron chi connectivity index (χ2n) is 8.29.